The van der Waals surface area contributed by atoms with Gasteiger partial charge in [0.1, 0.15) is 12.4 Å². The first kappa shape index (κ1) is 34.2. The van der Waals surface area contributed by atoms with E-state index in [1.165, 1.54) is 16.9 Å². The Morgan fingerprint density at radius 3 is 2.46 bits per heavy atom. The van der Waals surface area contributed by atoms with Crippen molar-refractivity contribution in [3.8, 4) is 17.2 Å². The fourth-order valence-electron chi connectivity index (χ4n) is 5.22. The van der Waals surface area contributed by atoms with Gasteiger partial charge in [0.2, 0.25) is 0 Å². The lowest BCUT2D eigenvalue weighted by Crippen LogP contribution is -2.40. The Hall–Kier alpha value is -3.17. The molecule has 0 radical (unpaired) electrons. The number of carbonyl (C=O) groups is 1. The number of fused-ring (bicyclic) bond motifs is 1. The van der Waals surface area contributed by atoms with Crippen LogP contribution in [0.5, 0.6) is 17.2 Å². The molecule has 2 heterocycles. The van der Waals surface area contributed by atoms with Gasteiger partial charge in [-0.05, 0) is 127 Å². The SMILES string of the molecule is CCOC(=O)C1=C(C)N=c2s/c(=C\c3cc(I)c(OCc4cccc(C)c4)c(I)c3)c(=O)n2[C@H]1c1ccc(OC(C)C)c(OC)c1. The molecule has 11 heteroatoms. The predicted octanol–water partition coefficient (Wildman–Crippen LogP) is 6.69. The number of thiazole rings is 1. The van der Waals surface area contributed by atoms with Crippen molar-refractivity contribution in [2.45, 2.75) is 53.4 Å². The van der Waals surface area contributed by atoms with Gasteiger partial charge in [-0.25, -0.2) is 9.79 Å². The normalized spacial score (nSPS) is 14.6. The monoisotopic (exact) mass is 864 g/mol. The van der Waals surface area contributed by atoms with Gasteiger partial charge in [0.05, 0.1) is 48.8 Å². The van der Waals surface area contributed by atoms with Crippen LogP contribution < -0.4 is 29.1 Å². The van der Waals surface area contributed by atoms with Crippen molar-refractivity contribution in [1.29, 1.82) is 0 Å². The number of ether oxygens (including phenoxy) is 4. The number of hydrogen-bond donors (Lipinski definition) is 0. The average Bonchev–Trinajstić information content (AvgIpc) is 3.29. The van der Waals surface area contributed by atoms with E-state index in [9.17, 15) is 9.59 Å². The third kappa shape index (κ3) is 7.36. The van der Waals surface area contributed by atoms with Crippen LogP contribution in [0, 0.1) is 14.1 Å². The number of rotatable bonds is 10. The molecule has 0 aliphatic carbocycles. The Balaban J connectivity index is 1.58. The highest BCUT2D eigenvalue weighted by Gasteiger charge is 2.34. The molecule has 3 aromatic carbocycles. The van der Waals surface area contributed by atoms with E-state index in [1.54, 1.807) is 37.7 Å². The second-order valence-electron chi connectivity index (χ2n) is 11.0. The molecule has 1 aliphatic rings. The predicted molar refractivity (Wildman–Crippen MR) is 197 cm³/mol. The highest BCUT2D eigenvalue weighted by molar-refractivity contribution is 14.1. The molecule has 0 amide bonds. The van der Waals surface area contributed by atoms with Gasteiger partial charge < -0.3 is 18.9 Å². The summed E-state index contributed by atoms with van der Waals surface area (Å²) in [6.07, 6.45) is 1.80. The first-order chi connectivity index (χ1) is 22.0. The molecule has 240 valence electrons. The Labute approximate surface area is 299 Å². The summed E-state index contributed by atoms with van der Waals surface area (Å²) in [5, 5.41) is 0. The van der Waals surface area contributed by atoms with Crippen molar-refractivity contribution in [1.82, 2.24) is 4.57 Å². The Kier molecular flexibility index (Phi) is 10.9. The van der Waals surface area contributed by atoms with Crippen molar-refractivity contribution in [2.75, 3.05) is 13.7 Å². The van der Waals surface area contributed by atoms with E-state index in [4.69, 9.17) is 23.9 Å². The average molecular weight is 865 g/mol. The van der Waals surface area contributed by atoms with E-state index < -0.39 is 12.0 Å². The lowest BCUT2D eigenvalue weighted by Gasteiger charge is -2.25. The summed E-state index contributed by atoms with van der Waals surface area (Å²) in [5.74, 6) is 1.35. The van der Waals surface area contributed by atoms with Gasteiger partial charge in [-0.1, -0.05) is 47.2 Å². The van der Waals surface area contributed by atoms with Crippen LogP contribution in [0.4, 0.5) is 0 Å². The van der Waals surface area contributed by atoms with Crippen molar-refractivity contribution >= 4 is 68.6 Å². The number of hydrogen-bond acceptors (Lipinski definition) is 8. The van der Waals surface area contributed by atoms with Gasteiger partial charge in [-0.3, -0.25) is 9.36 Å². The lowest BCUT2D eigenvalue weighted by atomic mass is 9.95. The molecule has 0 bridgehead atoms. The molecule has 0 unspecified atom stereocenters. The topological polar surface area (TPSA) is 88.4 Å². The Morgan fingerprint density at radius 2 is 1.80 bits per heavy atom. The summed E-state index contributed by atoms with van der Waals surface area (Å²) >= 11 is 5.82. The van der Waals surface area contributed by atoms with E-state index in [1.807, 2.05) is 50.3 Å². The third-order valence-electron chi connectivity index (χ3n) is 7.17. The molecule has 8 nitrogen and oxygen atoms in total. The second-order valence-corrected chi connectivity index (χ2v) is 14.3. The molecule has 46 heavy (non-hydrogen) atoms. The molecule has 0 N–H and O–H groups in total. The number of aryl methyl sites for hydroxylation is 1. The number of halogens is 2. The maximum atomic E-state index is 14.1. The smallest absolute Gasteiger partial charge is 0.338 e. The number of carbonyl (C=O) groups excluding carboxylic acids is 1. The molecule has 0 saturated heterocycles. The van der Waals surface area contributed by atoms with Crippen LogP contribution in [0.15, 0.2) is 75.7 Å². The zero-order chi connectivity index (χ0) is 33.1. The van der Waals surface area contributed by atoms with Crippen molar-refractivity contribution in [3.05, 3.63) is 115 Å². The molecule has 0 saturated carbocycles. The van der Waals surface area contributed by atoms with Crippen LogP contribution in [-0.2, 0) is 16.1 Å². The van der Waals surface area contributed by atoms with Crippen LogP contribution in [0.25, 0.3) is 6.08 Å². The van der Waals surface area contributed by atoms with E-state index in [-0.39, 0.29) is 18.3 Å². The summed E-state index contributed by atoms with van der Waals surface area (Å²) < 4.78 is 27.1. The van der Waals surface area contributed by atoms with Gasteiger partial charge in [-0.2, -0.15) is 0 Å². The molecule has 1 aliphatic heterocycles. The Morgan fingerprint density at radius 1 is 1.07 bits per heavy atom. The van der Waals surface area contributed by atoms with Gasteiger partial charge in [0, 0.05) is 0 Å². The summed E-state index contributed by atoms with van der Waals surface area (Å²) in [6.45, 7) is 10.1. The van der Waals surface area contributed by atoms with Gasteiger partial charge in [0.25, 0.3) is 5.56 Å². The molecule has 1 atom stereocenters. The fourth-order valence-corrected chi connectivity index (χ4v) is 8.40. The minimum absolute atomic E-state index is 0.0606. The number of nitrogens with zero attached hydrogens (tertiary/aromatic N) is 2. The zero-order valence-corrected chi connectivity index (χ0v) is 31.5. The van der Waals surface area contributed by atoms with Crippen LogP contribution in [0.2, 0.25) is 0 Å². The van der Waals surface area contributed by atoms with E-state index in [0.29, 0.717) is 44.3 Å². The first-order valence-electron chi connectivity index (χ1n) is 14.7. The quantitative estimate of drug-likeness (QED) is 0.131. The number of allylic oxidation sites excluding steroid dienone is 1. The standard InChI is InChI=1S/C35H34I2N2O6S/c1-7-43-34(41)30-21(5)38-35-39(31(30)24-11-12-27(45-19(2)3)28(17-24)42-6)33(40)29(46-35)16-23-14-25(36)32(26(37)15-23)44-18-22-10-8-9-20(4)13-22/h8-17,19,31H,7,18H2,1-6H3/b29-16-/t31-/m0/s1. The van der Waals surface area contributed by atoms with E-state index >= 15 is 0 Å². The molecule has 1 aromatic heterocycles. The molecular weight excluding hydrogens is 830 g/mol. The number of esters is 1. The summed E-state index contributed by atoms with van der Waals surface area (Å²) in [7, 11) is 1.56. The first-order valence-corrected chi connectivity index (χ1v) is 17.7. The minimum atomic E-state index is -0.767. The molecule has 4 aromatic rings. The second kappa shape index (κ2) is 14.7. The maximum absolute atomic E-state index is 14.1. The third-order valence-corrected chi connectivity index (χ3v) is 9.75. The van der Waals surface area contributed by atoms with Crippen LogP contribution in [0.3, 0.4) is 0 Å². The minimum Gasteiger partial charge on any atom is -0.493 e. The fraction of sp³-hybridized carbons (Fsp3) is 0.286. The summed E-state index contributed by atoms with van der Waals surface area (Å²) in [4.78, 5) is 32.7. The summed E-state index contributed by atoms with van der Waals surface area (Å²) in [6, 6.07) is 16.9. The maximum Gasteiger partial charge on any atom is 0.338 e. The van der Waals surface area contributed by atoms with Crippen LogP contribution in [-0.4, -0.2) is 30.4 Å². The number of methoxy groups -OCH3 is 1. The van der Waals surface area contributed by atoms with E-state index in [2.05, 4.69) is 64.2 Å². The number of aromatic nitrogens is 1. The van der Waals surface area contributed by atoms with E-state index in [0.717, 1.165) is 24.0 Å². The molecule has 5 rings (SSSR count). The summed E-state index contributed by atoms with van der Waals surface area (Å²) in [5.41, 5.74) is 4.37. The Bertz CT molecular complexity index is 1990. The lowest BCUT2D eigenvalue weighted by molar-refractivity contribution is -0.139. The van der Waals surface area contributed by atoms with Crippen molar-refractivity contribution < 1.29 is 23.7 Å². The largest absolute Gasteiger partial charge is 0.493 e. The van der Waals surface area contributed by atoms with Crippen molar-refractivity contribution in [3.63, 3.8) is 0 Å². The van der Waals surface area contributed by atoms with Gasteiger partial charge in [-0.15, -0.1) is 0 Å². The highest BCUT2D eigenvalue weighted by atomic mass is 127. The zero-order valence-electron chi connectivity index (χ0n) is 26.4. The highest BCUT2D eigenvalue weighted by Crippen LogP contribution is 2.37. The number of benzene rings is 3. The molecule has 0 fully saturated rings. The van der Waals surface area contributed by atoms with Gasteiger partial charge >= 0.3 is 5.97 Å². The molecular formula is C35H34I2N2O6S. The van der Waals surface area contributed by atoms with Crippen LogP contribution >= 0.6 is 56.5 Å². The van der Waals surface area contributed by atoms with Crippen molar-refractivity contribution in [2.24, 2.45) is 4.99 Å². The van der Waals surface area contributed by atoms with Crippen LogP contribution in [0.1, 0.15) is 56.0 Å². The molecule has 0 spiro atoms. The van der Waals surface area contributed by atoms with Gasteiger partial charge in [0.15, 0.2) is 16.3 Å².